The third kappa shape index (κ3) is 4.22. The molecule has 7 nitrogen and oxygen atoms in total. The molecule has 0 spiro atoms. The number of benzene rings is 2. The highest BCUT2D eigenvalue weighted by molar-refractivity contribution is 5.95. The van der Waals surface area contributed by atoms with Crippen LogP contribution in [0.15, 0.2) is 53.3 Å². The van der Waals surface area contributed by atoms with E-state index in [9.17, 15) is 18.8 Å². The Morgan fingerprint density at radius 3 is 2.57 bits per heavy atom. The van der Waals surface area contributed by atoms with E-state index < -0.39 is 11.7 Å². The monoisotopic (exact) mass is 382 g/mol. The average molecular weight is 382 g/mol. The van der Waals surface area contributed by atoms with Crippen molar-refractivity contribution >= 4 is 28.3 Å². The summed E-state index contributed by atoms with van der Waals surface area (Å²) in [5, 5.41) is 7.83. The van der Waals surface area contributed by atoms with E-state index in [0.29, 0.717) is 22.2 Å². The highest BCUT2D eigenvalue weighted by Crippen LogP contribution is 2.14. The Bertz CT molecular complexity index is 1110. The molecule has 0 unspecified atom stereocenters. The Kier molecular flexibility index (Phi) is 5.49. The first kappa shape index (κ1) is 19.2. The molecule has 1 N–H and O–H groups in total. The number of aromatic nitrogens is 2. The van der Waals surface area contributed by atoms with E-state index in [1.807, 2.05) is 0 Å². The molecule has 0 aliphatic rings. The molecular weight excluding hydrogens is 363 g/mol. The van der Waals surface area contributed by atoms with Gasteiger partial charge in [0, 0.05) is 25.2 Å². The Hall–Kier alpha value is -3.55. The number of amides is 2. The van der Waals surface area contributed by atoms with E-state index in [-0.39, 0.29) is 24.4 Å². The molecule has 144 valence electrons. The van der Waals surface area contributed by atoms with Gasteiger partial charge < -0.3 is 10.2 Å². The van der Waals surface area contributed by atoms with E-state index in [0.717, 1.165) is 0 Å². The zero-order valence-corrected chi connectivity index (χ0v) is 15.5. The molecule has 0 fully saturated rings. The molecule has 2 amide bonds. The van der Waals surface area contributed by atoms with Crippen molar-refractivity contribution in [3.8, 4) is 0 Å². The molecular formula is C20H19FN4O3. The molecule has 0 radical (unpaired) electrons. The number of nitrogens with zero attached hydrogens (tertiary/aromatic N) is 3. The van der Waals surface area contributed by atoms with Crippen molar-refractivity contribution in [3.63, 3.8) is 0 Å². The second-order valence-corrected chi connectivity index (χ2v) is 6.41. The summed E-state index contributed by atoms with van der Waals surface area (Å²) in [5.41, 5.74) is 0.534. The van der Waals surface area contributed by atoms with Gasteiger partial charge >= 0.3 is 0 Å². The second-order valence-electron chi connectivity index (χ2n) is 6.41. The van der Waals surface area contributed by atoms with Gasteiger partial charge in [0.15, 0.2) is 0 Å². The summed E-state index contributed by atoms with van der Waals surface area (Å²) in [5.74, 6) is -1.24. The van der Waals surface area contributed by atoms with E-state index in [1.54, 1.807) is 30.3 Å². The average Bonchev–Trinajstić information content (AvgIpc) is 2.65. The maximum Gasteiger partial charge on any atom is 0.274 e. The number of nitrogens with one attached hydrogen (secondary N) is 1. The Morgan fingerprint density at radius 2 is 1.86 bits per heavy atom. The highest BCUT2D eigenvalue weighted by atomic mass is 19.1. The van der Waals surface area contributed by atoms with Crippen molar-refractivity contribution in [2.45, 2.75) is 6.42 Å². The number of rotatable bonds is 5. The topological polar surface area (TPSA) is 84.3 Å². The standard InChI is InChI=1S/C20H19FN4O3/c1-24(12-18(26)22-14-7-5-6-13(21)10-14)19(27)11-17-15-8-3-4-9-16(15)20(28)25(2)23-17/h3-10H,11-12H2,1-2H3,(H,22,26). The Morgan fingerprint density at radius 1 is 1.14 bits per heavy atom. The van der Waals surface area contributed by atoms with Crippen LogP contribution in [0.5, 0.6) is 0 Å². The summed E-state index contributed by atoms with van der Waals surface area (Å²) in [6.07, 6.45) is -0.0572. The van der Waals surface area contributed by atoms with Gasteiger partial charge in [-0.2, -0.15) is 5.10 Å². The van der Waals surface area contributed by atoms with E-state index >= 15 is 0 Å². The quantitative estimate of drug-likeness (QED) is 0.728. The number of carbonyl (C=O) groups excluding carboxylic acids is 2. The van der Waals surface area contributed by atoms with Gasteiger partial charge in [0.1, 0.15) is 5.82 Å². The summed E-state index contributed by atoms with van der Waals surface area (Å²) in [6, 6.07) is 12.5. The number of aryl methyl sites for hydroxylation is 1. The summed E-state index contributed by atoms with van der Waals surface area (Å²) in [7, 11) is 3.02. The van der Waals surface area contributed by atoms with Crippen molar-refractivity contribution in [2.24, 2.45) is 7.05 Å². The predicted molar refractivity (Wildman–Crippen MR) is 103 cm³/mol. The molecule has 1 aromatic heterocycles. The van der Waals surface area contributed by atoms with Crippen LogP contribution < -0.4 is 10.9 Å². The molecule has 0 bridgehead atoms. The first-order chi connectivity index (χ1) is 13.3. The number of likely N-dealkylation sites (N-methyl/N-ethyl adjacent to an activating group) is 1. The summed E-state index contributed by atoms with van der Waals surface area (Å²) in [4.78, 5) is 38.1. The Balaban J connectivity index is 1.71. The predicted octanol–water partition coefficient (Wildman–Crippen LogP) is 1.71. The minimum atomic E-state index is -0.463. The molecule has 0 saturated carbocycles. The summed E-state index contributed by atoms with van der Waals surface area (Å²) in [6.45, 7) is -0.195. The van der Waals surface area contributed by atoms with Crippen LogP contribution in [-0.4, -0.2) is 40.1 Å². The molecule has 1 heterocycles. The lowest BCUT2D eigenvalue weighted by molar-refractivity contribution is -0.132. The van der Waals surface area contributed by atoms with Crippen LogP contribution in [0, 0.1) is 5.82 Å². The zero-order valence-electron chi connectivity index (χ0n) is 15.5. The fraction of sp³-hybridized carbons (Fsp3) is 0.200. The van der Waals surface area contributed by atoms with Gasteiger partial charge in [0.2, 0.25) is 11.8 Å². The molecule has 3 rings (SSSR count). The van der Waals surface area contributed by atoms with Crippen molar-refractivity contribution in [1.82, 2.24) is 14.7 Å². The molecule has 28 heavy (non-hydrogen) atoms. The molecule has 2 aromatic carbocycles. The smallest absolute Gasteiger partial charge is 0.274 e. The number of halogens is 1. The van der Waals surface area contributed by atoms with Crippen LogP contribution in [0.1, 0.15) is 5.69 Å². The van der Waals surface area contributed by atoms with Crippen LogP contribution in [0.3, 0.4) is 0 Å². The molecule has 0 saturated heterocycles. The molecule has 0 atom stereocenters. The van der Waals surface area contributed by atoms with E-state index in [4.69, 9.17) is 0 Å². The number of fused-ring (bicyclic) bond motifs is 1. The largest absolute Gasteiger partial charge is 0.336 e. The van der Waals surface area contributed by atoms with Crippen molar-refractivity contribution < 1.29 is 14.0 Å². The lowest BCUT2D eigenvalue weighted by Crippen LogP contribution is -2.36. The first-order valence-corrected chi connectivity index (χ1v) is 8.59. The first-order valence-electron chi connectivity index (χ1n) is 8.59. The van der Waals surface area contributed by atoms with Crippen LogP contribution in [-0.2, 0) is 23.1 Å². The van der Waals surface area contributed by atoms with E-state index in [2.05, 4.69) is 10.4 Å². The maximum absolute atomic E-state index is 13.2. The van der Waals surface area contributed by atoms with Gasteiger partial charge in [0.05, 0.1) is 24.0 Å². The summed E-state index contributed by atoms with van der Waals surface area (Å²) >= 11 is 0. The maximum atomic E-state index is 13.2. The molecule has 0 aliphatic carbocycles. The van der Waals surface area contributed by atoms with Gasteiger partial charge in [0.25, 0.3) is 5.56 Å². The zero-order chi connectivity index (χ0) is 20.3. The van der Waals surface area contributed by atoms with Crippen LogP contribution in [0.25, 0.3) is 10.8 Å². The second kappa shape index (κ2) is 7.99. The minimum absolute atomic E-state index is 0.0572. The summed E-state index contributed by atoms with van der Waals surface area (Å²) < 4.78 is 14.4. The van der Waals surface area contributed by atoms with Gasteiger partial charge in [-0.05, 0) is 24.3 Å². The van der Waals surface area contributed by atoms with Crippen LogP contribution in [0.4, 0.5) is 10.1 Å². The van der Waals surface area contributed by atoms with Crippen LogP contribution in [0.2, 0.25) is 0 Å². The van der Waals surface area contributed by atoms with E-state index in [1.165, 1.54) is 41.9 Å². The van der Waals surface area contributed by atoms with Crippen molar-refractivity contribution in [3.05, 3.63) is 70.4 Å². The number of anilines is 1. The van der Waals surface area contributed by atoms with Gasteiger partial charge in [-0.25, -0.2) is 9.07 Å². The third-order valence-electron chi connectivity index (χ3n) is 4.27. The SMILES string of the molecule is CN(CC(=O)Nc1cccc(F)c1)C(=O)Cc1nn(C)c(=O)c2ccccc12. The fourth-order valence-electron chi connectivity index (χ4n) is 2.86. The van der Waals surface area contributed by atoms with Gasteiger partial charge in [-0.15, -0.1) is 0 Å². The fourth-order valence-corrected chi connectivity index (χ4v) is 2.86. The molecule has 8 heteroatoms. The van der Waals surface area contributed by atoms with Gasteiger partial charge in [-0.1, -0.05) is 24.3 Å². The lowest BCUT2D eigenvalue weighted by Gasteiger charge is -2.17. The normalized spacial score (nSPS) is 10.7. The number of hydrogen-bond acceptors (Lipinski definition) is 4. The number of carbonyl (C=O) groups is 2. The minimum Gasteiger partial charge on any atom is -0.336 e. The highest BCUT2D eigenvalue weighted by Gasteiger charge is 2.17. The Labute approximate surface area is 160 Å². The van der Waals surface area contributed by atoms with Gasteiger partial charge in [-0.3, -0.25) is 14.4 Å². The molecule has 0 aliphatic heterocycles. The lowest BCUT2D eigenvalue weighted by atomic mass is 10.1. The molecule has 3 aromatic rings. The third-order valence-corrected chi connectivity index (χ3v) is 4.27. The van der Waals surface area contributed by atoms with Crippen LogP contribution >= 0.6 is 0 Å². The van der Waals surface area contributed by atoms with Crippen molar-refractivity contribution in [2.75, 3.05) is 18.9 Å². The number of hydrogen-bond donors (Lipinski definition) is 1. The van der Waals surface area contributed by atoms with Crippen molar-refractivity contribution in [1.29, 1.82) is 0 Å².